The van der Waals surface area contributed by atoms with Crippen molar-refractivity contribution in [3.63, 3.8) is 0 Å². The van der Waals surface area contributed by atoms with Crippen molar-refractivity contribution < 1.29 is 22.0 Å². The van der Waals surface area contributed by atoms with Crippen LogP contribution in [-0.2, 0) is 10.0 Å². The highest BCUT2D eigenvalue weighted by Gasteiger charge is 2.35. The molecule has 2 aromatic carbocycles. The molecular weight excluding hydrogens is 402 g/mol. The lowest BCUT2D eigenvalue weighted by Crippen LogP contribution is -2.56. The van der Waals surface area contributed by atoms with Gasteiger partial charge >= 0.3 is 6.03 Å². The molecule has 1 saturated heterocycles. The quantitative estimate of drug-likeness (QED) is 0.826. The van der Waals surface area contributed by atoms with E-state index in [2.05, 4.69) is 5.32 Å². The SMILES string of the molecule is CC1CN(C(=O)Nc2ccc(F)cc2F)CCN1S(=O)(=O)c1cccc(C#N)c1. The summed E-state index contributed by atoms with van der Waals surface area (Å²) in [4.78, 5) is 13.8. The van der Waals surface area contributed by atoms with Gasteiger partial charge in [-0.05, 0) is 37.3 Å². The highest BCUT2D eigenvalue weighted by atomic mass is 32.2. The Labute approximate surface area is 167 Å². The van der Waals surface area contributed by atoms with Gasteiger partial charge < -0.3 is 10.2 Å². The molecule has 1 fully saturated rings. The van der Waals surface area contributed by atoms with Gasteiger partial charge in [0.25, 0.3) is 0 Å². The molecular formula is C19H18F2N4O3S. The molecule has 10 heteroatoms. The summed E-state index contributed by atoms with van der Waals surface area (Å²) in [6.07, 6.45) is 0. The number of anilines is 1. The number of nitrogens with zero attached hydrogens (tertiary/aromatic N) is 3. The van der Waals surface area contributed by atoms with Crippen LogP contribution >= 0.6 is 0 Å². The van der Waals surface area contributed by atoms with Crippen molar-refractivity contribution in [2.45, 2.75) is 17.9 Å². The van der Waals surface area contributed by atoms with Crippen LogP contribution < -0.4 is 5.32 Å². The predicted molar refractivity (Wildman–Crippen MR) is 101 cm³/mol. The molecule has 0 aliphatic carbocycles. The van der Waals surface area contributed by atoms with Gasteiger partial charge in [-0.3, -0.25) is 0 Å². The summed E-state index contributed by atoms with van der Waals surface area (Å²) in [6, 6.07) is 9.31. The summed E-state index contributed by atoms with van der Waals surface area (Å²) in [7, 11) is -3.84. The molecule has 1 heterocycles. The molecule has 1 aliphatic rings. The predicted octanol–water partition coefficient (Wildman–Crippen LogP) is 2.76. The number of sulfonamides is 1. The van der Waals surface area contributed by atoms with Crippen LogP contribution in [0.4, 0.5) is 19.3 Å². The minimum atomic E-state index is -3.84. The number of hydrogen-bond donors (Lipinski definition) is 1. The van der Waals surface area contributed by atoms with E-state index in [-0.39, 0.29) is 35.8 Å². The van der Waals surface area contributed by atoms with E-state index < -0.39 is 33.7 Å². The number of carbonyl (C=O) groups is 1. The lowest BCUT2D eigenvalue weighted by atomic mass is 10.2. The second-order valence-corrected chi connectivity index (χ2v) is 8.50. The van der Waals surface area contributed by atoms with Crippen molar-refractivity contribution >= 4 is 21.7 Å². The first-order chi connectivity index (χ1) is 13.7. The highest BCUT2D eigenvalue weighted by molar-refractivity contribution is 7.89. The second kappa shape index (κ2) is 8.14. The Morgan fingerprint density at radius 1 is 1.21 bits per heavy atom. The zero-order valence-corrected chi connectivity index (χ0v) is 16.3. The molecule has 0 radical (unpaired) electrons. The molecule has 0 aromatic heterocycles. The Morgan fingerprint density at radius 3 is 2.62 bits per heavy atom. The molecule has 1 unspecified atom stereocenters. The van der Waals surface area contributed by atoms with Gasteiger partial charge in [0.1, 0.15) is 11.6 Å². The lowest BCUT2D eigenvalue weighted by Gasteiger charge is -2.38. The normalized spacial score (nSPS) is 17.6. The Morgan fingerprint density at radius 2 is 1.97 bits per heavy atom. The fourth-order valence-electron chi connectivity index (χ4n) is 3.13. The largest absolute Gasteiger partial charge is 0.322 e. The maximum Gasteiger partial charge on any atom is 0.322 e. The van der Waals surface area contributed by atoms with E-state index in [9.17, 15) is 22.0 Å². The van der Waals surface area contributed by atoms with E-state index >= 15 is 0 Å². The van der Waals surface area contributed by atoms with Crippen LogP contribution in [0.15, 0.2) is 47.4 Å². The molecule has 0 spiro atoms. The molecule has 0 saturated carbocycles. The average Bonchev–Trinajstić information content (AvgIpc) is 2.69. The van der Waals surface area contributed by atoms with Crippen LogP contribution in [0, 0.1) is 23.0 Å². The fraction of sp³-hybridized carbons (Fsp3) is 0.263. The van der Waals surface area contributed by atoms with Gasteiger partial charge in [-0.1, -0.05) is 6.07 Å². The molecule has 1 N–H and O–H groups in total. The van der Waals surface area contributed by atoms with E-state index in [1.807, 2.05) is 6.07 Å². The number of benzene rings is 2. The lowest BCUT2D eigenvalue weighted by molar-refractivity contribution is 0.157. The number of carbonyl (C=O) groups excluding carboxylic acids is 1. The summed E-state index contributed by atoms with van der Waals surface area (Å²) in [5.41, 5.74) is 0.0745. The number of halogens is 2. The minimum absolute atomic E-state index is 0.00897. The van der Waals surface area contributed by atoms with Crippen LogP contribution in [0.2, 0.25) is 0 Å². The van der Waals surface area contributed by atoms with Gasteiger partial charge in [-0.15, -0.1) is 0 Å². The number of nitriles is 1. The summed E-state index contributed by atoms with van der Waals surface area (Å²) in [5.74, 6) is -1.65. The Hall–Kier alpha value is -3.03. The average molecular weight is 420 g/mol. The molecule has 2 amide bonds. The van der Waals surface area contributed by atoms with Crippen LogP contribution in [0.25, 0.3) is 0 Å². The van der Waals surface area contributed by atoms with Crippen LogP contribution in [-0.4, -0.2) is 49.3 Å². The van der Waals surface area contributed by atoms with Crippen molar-refractivity contribution in [2.24, 2.45) is 0 Å². The minimum Gasteiger partial charge on any atom is -0.322 e. The van der Waals surface area contributed by atoms with Gasteiger partial charge in [-0.2, -0.15) is 9.57 Å². The molecule has 1 aliphatic heterocycles. The van der Waals surface area contributed by atoms with Crippen LogP contribution in [0.5, 0.6) is 0 Å². The first-order valence-corrected chi connectivity index (χ1v) is 10.2. The molecule has 2 aromatic rings. The van der Waals surface area contributed by atoms with E-state index in [0.29, 0.717) is 6.07 Å². The van der Waals surface area contributed by atoms with E-state index in [4.69, 9.17) is 5.26 Å². The van der Waals surface area contributed by atoms with Gasteiger partial charge in [0.2, 0.25) is 10.0 Å². The monoisotopic (exact) mass is 420 g/mol. The summed E-state index contributed by atoms with van der Waals surface area (Å²) < 4.78 is 53.8. The number of piperazine rings is 1. The van der Waals surface area contributed by atoms with Crippen molar-refractivity contribution in [1.29, 1.82) is 5.26 Å². The zero-order valence-electron chi connectivity index (χ0n) is 15.5. The van der Waals surface area contributed by atoms with Crippen LogP contribution in [0.1, 0.15) is 12.5 Å². The van der Waals surface area contributed by atoms with E-state index in [1.54, 1.807) is 6.92 Å². The van der Waals surface area contributed by atoms with Gasteiger partial charge in [0, 0.05) is 31.7 Å². The number of hydrogen-bond acceptors (Lipinski definition) is 4. The topological polar surface area (TPSA) is 93.5 Å². The number of urea groups is 1. The van der Waals surface area contributed by atoms with E-state index in [1.165, 1.54) is 33.5 Å². The third kappa shape index (κ3) is 4.36. The molecule has 1 atom stereocenters. The van der Waals surface area contributed by atoms with Crippen molar-refractivity contribution in [3.8, 4) is 6.07 Å². The summed E-state index contributed by atoms with van der Waals surface area (Å²) in [6.45, 7) is 1.88. The van der Waals surface area contributed by atoms with Crippen molar-refractivity contribution in [2.75, 3.05) is 25.0 Å². The molecule has 7 nitrogen and oxygen atoms in total. The summed E-state index contributed by atoms with van der Waals surface area (Å²) >= 11 is 0. The Kier molecular flexibility index (Phi) is 5.81. The third-order valence-electron chi connectivity index (χ3n) is 4.60. The number of rotatable bonds is 3. The number of amides is 2. The third-order valence-corrected chi connectivity index (χ3v) is 6.61. The number of nitrogens with one attached hydrogen (secondary N) is 1. The molecule has 152 valence electrons. The first-order valence-electron chi connectivity index (χ1n) is 8.75. The molecule has 0 bridgehead atoms. The second-order valence-electron chi connectivity index (χ2n) is 6.60. The Balaban J connectivity index is 1.71. The van der Waals surface area contributed by atoms with Crippen molar-refractivity contribution in [3.05, 3.63) is 59.7 Å². The zero-order chi connectivity index (χ0) is 21.2. The summed E-state index contributed by atoms with van der Waals surface area (Å²) in [5, 5.41) is 11.4. The molecule has 3 rings (SSSR count). The standard InChI is InChI=1S/C19H18F2N4O3S/c1-13-12-24(19(26)23-18-6-5-15(20)10-17(18)21)7-8-25(13)29(27,28)16-4-2-3-14(9-16)11-22/h2-6,9-10,13H,7-8,12H2,1H3,(H,23,26). The molecule has 29 heavy (non-hydrogen) atoms. The first kappa shape index (κ1) is 20.7. The smallest absolute Gasteiger partial charge is 0.322 e. The van der Waals surface area contributed by atoms with Gasteiger partial charge in [0.05, 0.1) is 22.2 Å². The maximum atomic E-state index is 13.7. The fourth-order valence-corrected chi connectivity index (χ4v) is 4.79. The van der Waals surface area contributed by atoms with Crippen molar-refractivity contribution in [1.82, 2.24) is 9.21 Å². The van der Waals surface area contributed by atoms with Gasteiger partial charge in [-0.25, -0.2) is 22.0 Å². The Bertz CT molecular complexity index is 1090. The van der Waals surface area contributed by atoms with Gasteiger partial charge in [0.15, 0.2) is 0 Å². The van der Waals surface area contributed by atoms with Crippen LogP contribution in [0.3, 0.4) is 0 Å². The van der Waals surface area contributed by atoms with E-state index in [0.717, 1.165) is 12.1 Å². The maximum absolute atomic E-state index is 13.7. The highest BCUT2D eigenvalue weighted by Crippen LogP contribution is 2.23.